The first kappa shape index (κ1) is 18.6. The van der Waals surface area contributed by atoms with E-state index >= 15 is 0 Å². The lowest BCUT2D eigenvalue weighted by Crippen LogP contribution is -2.42. The summed E-state index contributed by atoms with van der Waals surface area (Å²) in [6, 6.07) is 3.20. The number of aromatic nitrogens is 3. The highest BCUT2D eigenvalue weighted by Gasteiger charge is 2.36. The van der Waals surface area contributed by atoms with E-state index in [1.807, 2.05) is 5.10 Å². The zero-order valence-electron chi connectivity index (χ0n) is 13.6. The Morgan fingerprint density at radius 2 is 2.07 bits per heavy atom. The van der Waals surface area contributed by atoms with Crippen molar-refractivity contribution in [1.82, 2.24) is 25.8 Å². The van der Waals surface area contributed by atoms with Gasteiger partial charge in [0.2, 0.25) is 0 Å². The lowest BCUT2D eigenvalue weighted by atomic mass is 10.0. The Hall–Kier alpha value is -3.18. The van der Waals surface area contributed by atoms with Gasteiger partial charge in [0, 0.05) is 12.0 Å². The Morgan fingerprint density at radius 1 is 1.30 bits per heavy atom. The number of nitrogens with zero attached hydrogens (tertiary/aromatic N) is 2. The molecule has 2 amide bonds. The van der Waals surface area contributed by atoms with Crippen molar-refractivity contribution in [2.75, 3.05) is 6.61 Å². The number of hydrogen-bond donors (Lipinski definition) is 3. The van der Waals surface area contributed by atoms with Crippen molar-refractivity contribution >= 4 is 11.8 Å². The summed E-state index contributed by atoms with van der Waals surface area (Å²) in [5.74, 6) is -3.86. The number of carbonyl (C=O) groups excluding carboxylic acids is 2. The van der Waals surface area contributed by atoms with Crippen LogP contribution in [-0.2, 0) is 22.3 Å². The molecule has 0 bridgehead atoms. The molecule has 144 valence electrons. The SMILES string of the molecule is O=C(NCc1nc(C(F)(F)F)n[nH]1)C(=O)NC1CCOc2ccc(F)cc21. The number of rotatable bonds is 3. The zero-order valence-corrected chi connectivity index (χ0v) is 13.6. The maximum atomic E-state index is 13.4. The molecule has 1 aliphatic heterocycles. The maximum absolute atomic E-state index is 13.4. The third-order valence-corrected chi connectivity index (χ3v) is 3.72. The van der Waals surface area contributed by atoms with E-state index in [0.29, 0.717) is 17.7 Å². The fourth-order valence-corrected chi connectivity index (χ4v) is 2.48. The molecule has 0 spiro atoms. The normalized spacial score (nSPS) is 16.2. The molecule has 0 saturated heterocycles. The predicted molar refractivity (Wildman–Crippen MR) is 80.6 cm³/mol. The van der Waals surface area contributed by atoms with E-state index in [4.69, 9.17) is 4.74 Å². The number of fused-ring (bicyclic) bond motifs is 1. The van der Waals surface area contributed by atoms with E-state index in [9.17, 15) is 27.2 Å². The van der Waals surface area contributed by atoms with Gasteiger partial charge in [-0.2, -0.15) is 13.2 Å². The Balaban J connectivity index is 1.58. The highest BCUT2D eigenvalue weighted by atomic mass is 19.4. The average Bonchev–Trinajstić information content (AvgIpc) is 3.09. The minimum atomic E-state index is -4.72. The standard InChI is InChI=1S/C15H13F4N5O3/c16-7-1-2-10-8(5-7)9(3-4-27-10)21-13(26)12(25)20-6-11-22-14(24-23-11)15(17,18)19/h1-2,5,9H,3-4,6H2,(H,20,25)(H,21,26)(H,22,23,24). The molecule has 0 radical (unpaired) electrons. The van der Waals surface area contributed by atoms with Gasteiger partial charge in [0.15, 0.2) is 0 Å². The molecule has 1 unspecified atom stereocenters. The lowest BCUT2D eigenvalue weighted by Gasteiger charge is -2.26. The number of benzene rings is 1. The first-order valence-electron chi connectivity index (χ1n) is 7.73. The summed E-state index contributed by atoms with van der Waals surface area (Å²) in [5, 5.41) is 9.57. The molecule has 0 saturated carbocycles. The van der Waals surface area contributed by atoms with Gasteiger partial charge in [-0.15, -0.1) is 5.10 Å². The van der Waals surface area contributed by atoms with Crippen LogP contribution in [0.3, 0.4) is 0 Å². The first-order valence-corrected chi connectivity index (χ1v) is 7.73. The van der Waals surface area contributed by atoms with Gasteiger partial charge in [0.1, 0.15) is 17.4 Å². The molecule has 1 aromatic carbocycles. The van der Waals surface area contributed by atoms with Gasteiger partial charge in [0.25, 0.3) is 5.82 Å². The number of nitrogens with one attached hydrogen (secondary N) is 3. The molecule has 2 heterocycles. The second-order valence-electron chi connectivity index (χ2n) is 5.63. The summed E-state index contributed by atoms with van der Waals surface area (Å²) in [5.41, 5.74) is 0.396. The largest absolute Gasteiger partial charge is 0.493 e. The van der Waals surface area contributed by atoms with Crippen LogP contribution in [0.2, 0.25) is 0 Å². The number of hydrogen-bond acceptors (Lipinski definition) is 5. The van der Waals surface area contributed by atoms with Gasteiger partial charge < -0.3 is 15.4 Å². The molecule has 1 atom stereocenters. The fraction of sp³-hybridized carbons (Fsp3) is 0.333. The molecule has 27 heavy (non-hydrogen) atoms. The monoisotopic (exact) mass is 387 g/mol. The average molecular weight is 387 g/mol. The van der Waals surface area contributed by atoms with Crippen LogP contribution in [-0.4, -0.2) is 33.6 Å². The van der Waals surface area contributed by atoms with E-state index in [-0.39, 0.29) is 12.4 Å². The van der Waals surface area contributed by atoms with Crippen molar-refractivity contribution in [3.63, 3.8) is 0 Å². The Labute approximate surface area is 149 Å². The van der Waals surface area contributed by atoms with Crippen LogP contribution in [0.25, 0.3) is 0 Å². The van der Waals surface area contributed by atoms with Gasteiger partial charge in [-0.1, -0.05) is 0 Å². The first-order chi connectivity index (χ1) is 12.7. The molecular formula is C15H13F4N5O3. The molecule has 12 heteroatoms. The van der Waals surface area contributed by atoms with Crippen molar-refractivity contribution in [2.45, 2.75) is 25.2 Å². The van der Waals surface area contributed by atoms with Crippen LogP contribution in [0.1, 0.15) is 29.7 Å². The third-order valence-electron chi connectivity index (χ3n) is 3.72. The summed E-state index contributed by atoms with van der Waals surface area (Å²) in [6.45, 7) is -0.183. The van der Waals surface area contributed by atoms with Crippen molar-refractivity contribution in [2.24, 2.45) is 0 Å². The van der Waals surface area contributed by atoms with Crippen LogP contribution in [0.15, 0.2) is 18.2 Å². The predicted octanol–water partition coefficient (Wildman–Crippen LogP) is 1.22. The number of carbonyl (C=O) groups is 2. The van der Waals surface area contributed by atoms with Gasteiger partial charge >= 0.3 is 18.0 Å². The Morgan fingerprint density at radius 3 is 2.78 bits per heavy atom. The van der Waals surface area contributed by atoms with Crippen molar-refractivity contribution in [3.8, 4) is 5.75 Å². The van der Waals surface area contributed by atoms with Crippen molar-refractivity contribution in [1.29, 1.82) is 0 Å². The van der Waals surface area contributed by atoms with E-state index < -0.39 is 42.2 Å². The van der Waals surface area contributed by atoms with E-state index in [2.05, 4.69) is 20.7 Å². The minimum absolute atomic E-state index is 0.262. The van der Waals surface area contributed by atoms with Gasteiger partial charge in [-0.25, -0.2) is 9.37 Å². The topological polar surface area (TPSA) is 109 Å². The quantitative estimate of drug-likeness (QED) is 0.542. The molecule has 3 rings (SSSR count). The number of amides is 2. The Bertz CT molecular complexity index is 867. The lowest BCUT2D eigenvalue weighted by molar-refractivity contribution is -0.144. The molecule has 1 aromatic heterocycles. The molecule has 2 aromatic rings. The summed E-state index contributed by atoms with van der Waals surface area (Å²) >= 11 is 0. The van der Waals surface area contributed by atoms with Crippen LogP contribution >= 0.6 is 0 Å². The second kappa shape index (κ2) is 7.21. The third kappa shape index (κ3) is 4.33. The summed E-state index contributed by atoms with van der Waals surface area (Å²) < 4.78 is 56.0. The van der Waals surface area contributed by atoms with Crippen molar-refractivity contribution < 1.29 is 31.9 Å². The van der Waals surface area contributed by atoms with Gasteiger partial charge in [-0.3, -0.25) is 14.7 Å². The summed E-state index contributed by atoms with van der Waals surface area (Å²) in [6.07, 6.45) is -4.39. The number of alkyl halides is 3. The Kier molecular flexibility index (Phi) is 4.97. The highest BCUT2D eigenvalue weighted by Crippen LogP contribution is 2.32. The number of ether oxygens (including phenoxy) is 1. The maximum Gasteiger partial charge on any atom is 0.453 e. The van der Waals surface area contributed by atoms with Crippen LogP contribution in [0.5, 0.6) is 5.75 Å². The number of aromatic amines is 1. The minimum Gasteiger partial charge on any atom is -0.493 e. The molecule has 1 aliphatic rings. The summed E-state index contributed by atoms with van der Waals surface area (Å²) in [7, 11) is 0. The van der Waals surface area contributed by atoms with Crippen LogP contribution < -0.4 is 15.4 Å². The molecule has 0 aliphatic carbocycles. The second-order valence-corrected chi connectivity index (χ2v) is 5.63. The van der Waals surface area contributed by atoms with Crippen molar-refractivity contribution in [3.05, 3.63) is 41.2 Å². The molecule has 0 fully saturated rings. The molecule has 3 N–H and O–H groups in total. The summed E-state index contributed by atoms with van der Waals surface area (Å²) in [4.78, 5) is 27.0. The zero-order chi connectivity index (χ0) is 19.6. The van der Waals surface area contributed by atoms with E-state index in [0.717, 1.165) is 0 Å². The highest BCUT2D eigenvalue weighted by molar-refractivity contribution is 6.35. The van der Waals surface area contributed by atoms with Crippen LogP contribution in [0, 0.1) is 5.82 Å². The number of halogens is 4. The van der Waals surface area contributed by atoms with E-state index in [1.165, 1.54) is 18.2 Å². The van der Waals surface area contributed by atoms with Crippen LogP contribution in [0.4, 0.5) is 17.6 Å². The van der Waals surface area contributed by atoms with E-state index in [1.54, 1.807) is 0 Å². The fourth-order valence-electron chi connectivity index (χ4n) is 2.48. The molecular weight excluding hydrogens is 374 g/mol. The van der Waals surface area contributed by atoms with Gasteiger partial charge in [-0.05, 0) is 18.2 Å². The molecule has 8 nitrogen and oxygen atoms in total. The van der Waals surface area contributed by atoms with Gasteiger partial charge in [0.05, 0.1) is 19.2 Å². The smallest absolute Gasteiger partial charge is 0.453 e. The number of H-pyrrole nitrogens is 1.